The van der Waals surface area contributed by atoms with Gasteiger partial charge in [0.2, 0.25) is 5.91 Å². The van der Waals surface area contributed by atoms with Gasteiger partial charge in [0.1, 0.15) is 6.07 Å². The summed E-state index contributed by atoms with van der Waals surface area (Å²) in [6, 6.07) is 19.3. The molecule has 0 bridgehead atoms. The van der Waals surface area contributed by atoms with Crippen molar-refractivity contribution in [3.8, 4) is 6.07 Å². The Kier molecular flexibility index (Phi) is 6.37. The van der Waals surface area contributed by atoms with E-state index in [-0.39, 0.29) is 12.0 Å². The van der Waals surface area contributed by atoms with Crippen molar-refractivity contribution < 1.29 is 9.53 Å². The number of para-hydroxylation sites is 1. The molecule has 1 heterocycles. The molecular weight excluding hydrogens is 326 g/mol. The fourth-order valence-corrected chi connectivity index (χ4v) is 3.10. The van der Waals surface area contributed by atoms with Crippen LogP contribution in [0.3, 0.4) is 0 Å². The second-order valence-corrected chi connectivity index (χ2v) is 6.48. The summed E-state index contributed by atoms with van der Waals surface area (Å²) in [5, 5.41) is 11.9. The maximum absolute atomic E-state index is 12.2. The zero-order chi connectivity index (χ0) is 18.2. The van der Waals surface area contributed by atoms with E-state index in [4.69, 9.17) is 10.00 Å². The smallest absolute Gasteiger partial charge is 0.238 e. The number of likely N-dealkylation sites (tertiary alicyclic amines) is 1. The van der Waals surface area contributed by atoms with Gasteiger partial charge in [-0.3, -0.25) is 9.69 Å². The van der Waals surface area contributed by atoms with E-state index in [2.05, 4.69) is 28.4 Å². The van der Waals surface area contributed by atoms with E-state index in [1.165, 1.54) is 5.56 Å². The van der Waals surface area contributed by atoms with E-state index >= 15 is 0 Å². The summed E-state index contributed by atoms with van der Waals surface area (Å²) in [5.41, 5.74) is 2.24. The van der Waals surface area contributed by atoms with Crippen LogP contribution in [-0.4, -0.2) is 36.5 Å². The van der Waals surface area contributed by atoms with Gasteiger partial charge in [-0.2, -0.15) is 5.26 Å². The number of carbonyl (C=O) groups excluding carboxylic acids is 1. The Hall–Kier alpha value is -2.68. The Morgan fingerprint density at radius 2 is 1.81 bits per heavy atom. The minimum atomic E-state index is -0.0867. The van der Waals surface area contributed by atoms with Crippen LogP contribution in [0.25, 0.3) is 0 Å². The number of nitrogens with zero attached hydrogens (tertiary/aromatic N) is 2. The summed E-state index contributed by atoms with van der Waals surface area (Å²) in [4.78, 5) is 14.4. The van der Waals surface area contributed by atoms with E-state index in [9.17, 15) is 4.79 Å². The van der Waals surface area contributed by atoms with Gasteiger partial charge in [0, 0.05) is 13.1 Å². The molecule has 0 aliphatic carbocycles. The van der Waals surface area contributed by atoms with Crippen molar-refractivity contribution in [2.24, 2.45) is 0 Å². The van der Waals surface area contributed by atoms with Crippen LogP contribution in [0.5, 0.6) is 0 Å². The van der Waals surface area contributed by atoms with Crippen LogP contribution in [-0.2, 0) is 16.1 Å². The van der Waals surface area contributed by atoms with Crippen LogP contribution in [0, 0.1) is 11.3 Å². The van der Waals surface area contributed by atoms with Crippen LogP contribution < -0.4 is 5.32 Å². The van der Waals surface area contributed by atoms with Gasteiger partial charge in [-0.25, -0.2) is 0 Å². The number of nitriles is 1. The predicted molar refractivity (Wildman–Crippen MR) is 100 cm³/mol. The fraction of sp³-hybridized carbons (Fsp3) is 0.333. The van der Waals surface area contributed by atoms with Gasteiger partial charge in [0.15, 0.2) is 0 Å². The first-order valence-corrected chi connectivity index (χ1v) is 8.91. The van der Waals surface area contributed by atoms with E-state index in [1.807, 2.05) is 24.3 Å². The molecule has 0 aromatic heterocycles. The third-order valence-corrected chi connectivity index (χ3v) is 4.55. The zero-order valence-corrected chi connectivity index (χ0v) is 14.7. The van der Waals surface area contributed by atoms with Gasteiger partial charge in [0.25, 0.3) is 0 Å². The molecule has 1 aliphatic rings. The van der Waals surface area contributed by atoms with Crippen molar-refractivity contribution in [2.75, 3.05) is 25.0 Å². The average Bonchev–Trinajstić information content (AvgIpc) is 2.68. The van der Waals surface area contributed by atoms with E-state index in [0.717, 1.165) is 25.9 Å². The minimum absolute atomic E-state index is 0.0867. The molecule has 0 spiro atoms. The lowest BCUT2D eigenvalue weighted by molar-refractivity contribution is -0.118. The van der Waals surface area contributed by atoms with Crippen molar-refractivity contribution in [1.29, 1.82) is 5.26 Å². The molecule has 2 aromatic rings. The molecule has 0 unspecified atom stereocenters. The zero-order valence-electron chi connectivity index (χ0n) is 14.7. The third-order valence-electron chi connectivity index (χ3n) is 4.55. The van der Waals surface area contributed by atoms with E-state index in [0.29, 0.717) is 24.4 Å². The Morgan fingerprint density at radius 3 is 2.54 bits per heavy atom. The lowest BCUT2D eigenvalue weighted by atomic mass is 10.1. The van der Waals surface area contributed by atoms with Crippen LogP contribution in [0.1, 0.15) is 24.0 Å². The summed E-state index contributed by atoms with van der Waals surface area (Å²) < 4.78 is 5.98. The summed E-state index contributed by atoms with van der Waals surface area (Å²) in [7, 11) is 0. The highest BCUT2D eigenvalue weighted by molar-refractivity contribution is 5.93. The quantitative estimate of drug-likeness (QED) is 0.870. The molecule has 5 heteroatoms. The second-order valence-electron chi connectivity index (χ2n) is 6.48. The molecule has 1 amide bonds. The molecule has 134 valence electrons. The van der Waals surface area contributed by atoms with Crippen molar-refractivity contribution >= 4 is 11.6 Å². The standard InChI is InChI=1S/C21H23N3O2/c22-14-18-8-4-5-9-20(18)23-21(25)15-24-12-10-19(11-13-24)26-16-17-6-2-1-3-7-17/h1-9,19H,10-13,15-16H2,(H,23,25). The highest BCUT2D eigenvalue weighted by Crippen LogP contribution is 2.17. The van der Waals surface area contributed by atoms with Crippen LogP contribution in [0.4, 0.5) is 5.69 Å². The SMILES string of the molecule is N#Cc1ccccc1NC(=O)CN1CCC(OCc2ccccc2)CC1. The van der Waals surface area contributed by atoms with E-state index in [1.54, 1.807) is 18.2 Å². The second kappa shape index (κ2) is 9.14. The topological polar surface area (TPSA) is 65.4 Å². The third kappa shape index (κ3) is 5.16. The Morgan fingerprint density at radius 1 is 1.12 bits per heavy atom. The van der Waals surface area contributed by atoms with Gasteiger partial charge in [-0.05, 0) is 30.5 Å². The van der Waals surface area contributed by atoms with Crippen LogP contribution >= 0.6 is 0 Å². The summed E-state index contributed by atoms with van der Waals surface area (Å²) in [5.74, 6) is -0.0867. The molecule has 2 aromatic carbocycles. The molecule has 0 radical (unpaired) electrons. The monoisotopic (exact) mass is 349 g/mol. The molecule has 1 fully saturated rings. The van der Waals surface area contributed by atoms with Gasteiger partial charge < -0.3 is 10.1 Å². The maximum atomic E-state index is 12.2. The number of hydrogen-bond acceptors (Lipinski definition) is 4. The summed E-state index contributed by atoms with van der Waals surface area (Å²) >= 11 is 0. The Labute approximate surface area is 154 Å². The highest BCUT2D eigenvalue weighted by atomic mass is 16.5. The lowest BCUT2D eigenvalue weighted by Crippen LogP contribution is -2.41. The van der Waals surface area contributed by atoms with Crippen LogP contribution in [0.15, 0.2) is 54.6 Å². The molecule has 1 N–H and O–H groups in total. The van der Waals surface area contributed by atoms with Crippen molar-refractivity contribution in [2.45, 2.75) is 25.6 Å². The molecule has 5 nitrogen and oxygen atoms in total. The molecule has 0 atom stereocenters. The molecular formula is C21H23N3O2. The van der Waals surface area contributed by atoms with Gasteiger partial charge in [0.05, 0.1) is 30.5 Å². The highest BCUT2D eigenvalue weighted by Gasteiger charge is 2.21. The summed E-state index contributed by atoms with van der Waals surface area (Å²) in [6.45, 7) is 2.65. The number of benzene rings is 2. The number of amides is 1. The molecule has 1 saturated heterocycles. The van der Waals surface area contributed by atoms with Gasteiger partial charge in [-0.15, -0.1) is 0 Å². The van der Waals surface area contributed by atoms with Crippen molar-refractivity contribution in [1.82, 2.24) is 4.90 Å². The number of hydrogen-bond donors (Lipinski definition) is 1. The van der Waals surface area contributed by atoms with Crippen LogP contribution in [0.2, 0.25) is 0 Å². The Balaban J connectivity index is 1.41. The van der Waals surface area contributed by atoms with Crippen molar-refractivity contribution in [3.63, 3.8) is 0 Å². The molecule has 0 saturated carbocycles. The number of anilines is 1. The largest absolute Gasteiger partial charge is 0.373 e. The first-order valence-electron chi connectivity index (χ1n) is 8.91. The first kappa shape index (κ1) is 18.1. The first-order chi connectivity index (χ1) is 12.7. The number of piperidine rings is 1. The molecule has 3 rings (SSSR count). The molecule has 1 aliphatic heterocycles. The number of ether oxygens (including phenoxy) is 1. The van der Waals surface area contributed by atoms with Crippen molar-refractivity contribution in [3.05, 3.63) is 65.7 Å². The number of nitrogens with one attached hydrogen (secondary N) is 1. The predicted octanol–water partition coefficient (Wildman–Crippen LogP) is 3.18. The van der Waals surface area contributed by atoms with E-state index < -0.39 is 0 Å². The normalized spacial score (nSPS) is 15.3. The maximum Gasteiger partial charge on any atom is 0.238 e. The number of rotatable bonds is 6. The minimum Gasteiger partial charge on any atom is -0.373 e. The van der Waals surface area contributed by atoms with Gasteiger partial charge in [-0.1, -0.05) is 42.5 Å². The summed E-state index contributed by atoms with van der Waals surface area (Å²) in [6.07, 6.45) is 2.10. The lowest BCUT2D eigenvalue weighted by Gasteiger charge is -2.31. The average molecular weight is 349 g/mol. The molecule has 26 heavy (non-hydrogen) atoms. The fourth-order valence-electron chi connectivity index (χ4n) is 3.10. The Bertz CT molecular complexity index is 762. The van der Waals surface area contributed by atoms with Gasteiger partial charge >= 0.3 is 0 Å². The number of carbonyl (C=O) groups is 1.